The zero-order valence-electron chi connectivity index (χ0n) is 14.4. The number of carbonyl (C=O) groups is 1. The predicted octanol–water partition coefficient (Wildman–Crippen LogP) is 3.88. The standard InChI is InChI=1S/C20H23BrN2O2/c1-15-14-17(21)4-7-19(15)20(24)22-18-5-2-16(3-6-18)8-9-23-10-12-25-13-11-23/h2-7,14H,8-13H2,1H3,(H,22,24). The van der Waals surface area contributed by atoms with Gasteiger partial charge in [0, 0.05) is 35.4 Å². The van der Waals surface area contributed by atoms with Gasteiger partial charge in [0.2, 0.25) is 0 Å². The highest BCUT2D eigenvalue weighted by Gasteiger charge is 2.11. The van der Waals surface area contributed by atoms with Crippen LogP contribution in [0.15, 0.2) is 46.9 Å². The van der Waals surface area contributed by atoms with Crippen molar-refractivity contribution in [2.75, 3.05) is 38.2 Å². The van der Waals surface area contributed by atoms with E-state index >= 15 is 0 Å². The van der Waals surface area contributed by atoms with Gasteiger partial charge in [-0.3, -0.25) is 9.69 Å². The first-order valence-electron chi connectivity index (χ1n) is 8.58. The number of amides is 1. The molecule has 3 rings (SSSR count). The van der Waals surface area contributed by atoms with E-state index in [1.54, 1.807) is 0 Å². The van der Waals surface area contributed by atoms with Gasteiger partial charge in [-0.15, -0.1) is 0 Å². The number of benzene rings is 2. The van der Waals surface area contributed by atoms with Crippen LogP contribution in [0.25, 0.3) is 0 Å². The Morgan fingerprint density at radius 3 is 2.56 bits per heavy atom. The molecule has 0 radical (unpaired) electrons. The minimum Gasteiger partial charge on any atom is -0.379 e. The van der Waals surface area contributed by atoms with Crippen molar-refractivity contribution >= 4 is 27.5 Å². The lowest BCUT2D eigenvalue weighted by Crippen LogP contribution is -2.37. The van der Waals surface area contributed by atoms with Crippen LogP contribution in [-0.4, -0.2) is 43.7 Å². The Bertz CT molecular complexity index is 725. The molecule has 4 nitrogen and oxygen atoms in total. The Morgan fingerprint density at radius 2 is 1.88 bits per heavy atom. The summed E-state index contributed by atoms with van der Waals surface area (Å²) >= 11 is 3.42. The molecule has 1 amide bonds. The van der Waals surface area contributed by atoms with Crippen LogP contribution in [0.1, 0.15) is 21.5 Å². The normalized spacial score (nSPS) is 15.1. The molecule has 1 fully saturated rings. The van der Waals surface area contributed by atoms with Gasteiger partial charge in [0.15, 0.2) is 0 Å². The third kappa shape index (κ3) is 5.14. The van der Waals surface area contributed by atoms with Gasteiger partial charge in [0.05, 0.1) is 13.2 Å². The Morgan fingerprint density at radius 1 is 1.16 bits per heavy atom. The van der Waals surface area contributed by atoms with Gasteiger partial charge in [-0.25, -0.2) is 0 Å². The van der Waals surface area contributed by atoms with E-state index in [1.165, 1.54) is 5.56 Å². The number of morpholine rings is 1. The summed E-state index contributed by atoms with van der Waals surface area (Å²) in [5.41, 5.74) is 3.75. The molecular weight excluding hydrogens is 380 g/mol. The molecule has 0 saturated carbocycles. The van der Waals surface area contributed by atoms with Crippen molar-refractivity contribution < 1.29 is 9.53 Å². The average molecular weight is 403 g/mol. The summed E-state index contributed by atoms with van der Waals surface area (Å²) in [7, 11) is 0. The van der Waals surface area contributed by atoms with Crippen molar-refractivity contribution in [3.63, 3.8) is 0 Å². The van der Waals surface area contributed by atoms with Crippen LogP contribution in [0.5, 0.6) is 0 Å². The zero-order valence-corrected chi connectivity index (χ0v) is 16.0. The highest BCUT2D eigenvalue weighted by molar-refractivity contribution is 9.10. The second-order valence-electron chi connectivity index (χ2n) is 6.31. The van der Waals surface area contributed by atoms with E-state index in [-0.39, 0.29) is 5.91 Å². The Balaban J connectivity index is 1.55. The summed E-state index contributed by atoms with van der Waals surface area (Å²) in [6.45, 7) is 6.68. The number of carbonyl (C=O) groups excluding carboxylic acids is 1. The van der Waals surface area contributed by atoms with Crippen LogP contribution >= 0.6 is 15.9 Å². The number of hydrogen-bond acceptors (Lipinski definition) is 3. The van der Waals surface area contributed by atoms with Crippen molar-refractivity contribution in [1.82, 2.24) is 4.90 Å². The number of nitrogens with one attached hydrogen (secondary N) is 1. The van der Waals surface area contributed by atoms with Crippen molar-refractivity contribution in [2.45, 2.75) is 13.3 Å². The molecule has 2 aromatic rings. The molecule has 1 saturated heterocycles. The summed E-state index contributed by atoms with van der Waals surface area (Å²) in [5.74, 6) is -0.0777. The lowest BCUT2D eigenvalue weighted by Gasteiger charge is -2.26. The number of rotatable bonds is 5. The summed E-state index contributed by atoms with van der Waals surface area (Å²) in [6, 6.07) is 13.8. The first-order chi connectivity index (χ1) is 12.1. The van der Waals surface area contributed by atoms with E-state index < -0.39 is 0 Å². The Kier molecular flexibility index (Phi) is 6.24. The quantitative estimate of drug-likeness (QED) is 0.824. The molecule has 0 atom stereocenters. The number of halogens is 1. The predicted molar refractivity (Wildman–Crippen MR) is 104 cm³/mol. The van der Waals surface area contributed by atoms with Crippen LogP contribution in [-0.2, 0) is 11.2 Å². The monoisotopic (exact) mass is 402 g/mol. The fourth-order valence-electron chi connectivity index (χ4n) is 2.95. The third-order valence-electron chi connectivity index (χ3n) is 4.47. The maximum absolute atomic E-state index is 12.4. The molecule has 1 N–H and O–H groups in total. The topological polar surface area (TPSA) is 41.6 Å². The molecule has 1 aliphatic heterocycles. The molecule has 0 bridgehead atoms. The van der Waals surface area contributed by atoms with Gasteiger partial charge >= 0.3 is 0 Å². The zero-order chi connectivity index (χ0) is 17.6. The number of aryl methyl sites for hydroxylation is 1. The molecule has 0 spiro atoms. The highest BCUT2D eigenvalue weighted by Crippen LogP contribution is 2.18. The summed E-state index contributed by atoms with van der Waals surface area (Å²) < 4.78 is 6.35. The summed E-state index contributed by atoms with van der Waals surface area (Å²) in [6.07, 6.45) is 1.01. The summed E-state index contributed by atoms with van der Waals surface area (Å²) in [5, 5.41) is 2.97. The maximum atomic E-state index is 12.4. The highest BCUT2D eigenvalue weighted by atomic mass is 79.9. The van der Waals surface area contributed by atoms with Gasteiger partial charge in [0.25, 0.3) is 5.91 Å². The fraction of sp³-hybridized carbons (Fsp3) is 0.350. The first-order valence-corrected chi connectivity index (χ1v) is 9.38. The van der Waals surface area contributed by atoms with Gasteiger partial charge in [-0.1, -0.05) is 28.1 Å². The molecule has 132 valence electrons. The molecular formula is C20H23BrN2O2. The smallest absolute Gasteiger partial charge is 0.255 e. The van der Waals surface area contributed by atoms with E-state index in [1.807, 2.05) is 37.3 Å². The van der Waals surface area contributed by atoms with E-state index in [9.17, 15) is 4.79 Å². The lowest BCUT2D eigenvalue weighted by molar-refractivity contribution is 0.0384. The molecule has 1 heterocycles. The van der Waals surface area contributed by atoms with Crippen LogP contribution in [0.2, 0.25) is 0 Å². The molecule has 0 aliphatic carbocycles. The van der Waals surface area contributed by atoms with E-state index in [0.29, 0.717) is 5.56 Å². The molecule has 0 aromatic heterocycles. The largest absolute Gasteiger partial charge is 0.379 e. The van der Waals surface area contributed by atoms with Crippen molar-refractivity contribution in [1.29, 1.82) is 0 Å². The van der Waals surface area contributed by atoms with Gasteiger partial charge in [0.1, 0.15) is 0 Å². The summed E-state index contributed by atoms with van der Waals surface area (Å²) in [4.78, 5) is 14.8. The second-order valence-corrected chi connectivity index (χ2v) is 7.23. The second kappa shape index (κ2) is 8.61. The van der Waals surface area contributed by atoms with Crippen LogP contribution in [0, 0.1) is 6.92 Å². The third-order valence-corrected chi connectivity index (χ3v) is 4.96. The average Bonchev–Trinajstić information content (AvgIpc) is 2.62. The van der Waals surface area contributed by atoms with Crippen molar-refractivity contribution in [3.05, 3.63) is 63.6 Å². The van der Waals surface area contributed by atoms with E-state index in [2.05, 4.69) is 38.3 Å². The van der Waals surface area contributed by atoms with Gasteiger partial charge in [-0.05, 0) is 54.8 Å². The SMILES string of the molecule is Cc1cc(Br)ccc1C(=O)Nc1ccc(CCN2CCOCC2)cc1. The van der Waals surface area contributed by atoms with Gasteiger partial charge < -0.3 is 10.1 Å². The van der Waals surface area contributed by atoms with E-state index in [4.69, 9.17) is 4.74 Å². The Labute approximate surface area is 157 Å². The number of ether oxygens (including phenoxy) is 1. The Hall–Kier alpha value is -1.69. The minimum atomic E-state index is -0.0777. The molecule has 25 heavy (non-hydrogen) atoms. The molecule has 1 aliphatic rings. The lowest BCUT2D eigenvalue weighted by atomic mass is 10.1. The van der Waals surface area contributed by atoms with E-state index in [0.717, 1.165) is 55.0 Å². The number of hydrogen-bond donors (Lipinski definition) is 1. The van der Waals surface area contributed by atoms with Gasteiger partial charge in [-0.2, -0.15) is 0 Å². The van der Waals surface area contributed by atoms with Crippen LogP contribution in [0.4, 0.5) is 5.69 Å². The van der Waals surface area contributed by atoms with Crippen molar-refractivity contribution in [3.8, 4) is 0 Å². The molecule has 0 unspecified atom stereocenters. The molecule has 2 aromatic carbocycles. The fourth-order valence-corrected chi connectivity index (χ4v) is 3.42. The first kappa shape index (κ1) is 18.1. The van der Waals surface area contributed by atoms with Crippen LogP contribution < -0.4 is 5.32 Å². The van der Waals surface area contributed by atoms with Crippen LogP contribution in [0.3, 0.4) is 0 Å². The number of anilines is 1. The van der Waals surface area contributed by atoms with Crippen molar-refractivity contribution in [2.24, 2.45) is 0 Å². The molecule has 5 heteroatoms. The minimum absolute atomic E-state index is 0.0777. The number of nitrogens with zero attached hydrogens (tertiary/aromatic N) is 1. The maximum Gasteiger partial charge on any atom is 0.255 e.